The van der Waals surface area contributed by atoms with Gasteiger partial charge in [0.1, 0.15) is 0 Å². The Labute approximate surface area is 314 Å². The van der Waals surface area contributed by atoms with Crippen LogP contribution in [0.2, 0.25) is 12.1 Å². The third-order valence-corrected chi connectivity index (χ3v) is 14.8. The van der Waals surface area contributed by atoms with Crippen LogP contribution < -0.4 is 0 Å². The van der Waals surface area contributed by atoms with Gasteiger partial charge in [0.25, 0.3) is 11.8 Å². The molecule has 11 nitrogen and oxygen atoms in total. The molecule has 3 rings (SSSR count). The Hall–Kier alpha value is -2.05. The first-order valence-corrected chi connectivity index (χ1v) is 22.9. The molecule has 0 N–H and O–H groups in total. The summed E-state index contributed by atoms with van der Waals surface area (Å²) in [6.07, 6.45) is 0.243. The van der Waals surface area contributed by atoms with E-state index in [2.05, 4.69) is 0 Å². The first kappa shape index (κ1) is 44.4. The largest absolute Gasteiger partial charge is 0.501 e. The standard InChI is InChI=1S/C39H65NO10Si2/c1-26(2)45-51(46-27(3)4,47-28(5)6)24-18-33-16-14-32-15-17-34(19-25-52(48-29(7)8,49-30(9)10)50-31(11)12)37-35(32)36(33)38(41)40(39(37)42)20-21-44-23-22-43-13/h14-17,26-31H,18-25H2,1-13H3. The predicted molar refractivity (Wildman–Crippen MR) is 208 cm³/mol. The molecule has 1 aliphatic rings. The first-order valence-electron chi connectivity index (χ1n) is 19.0. The molecule has 1 aliphatic heterocycles. The summed E-state index contributed by atoms with van der Waals surface area (Å²) in [7, 11) is -4.79. The summed E-state index contributed by atoms with van der Waals surface area (Å²) in [4.78, 5) is 30.3. The summed E-state index contributed by atoms with van der Waals surface area (Å²) in [5.41, 5.74) is 2.67. The maximum atomic E-state index is 14.5. The fourth-order valence-electron chi connectivity index (χ4n) is 6.63. The summed E-state index contributed by atoms with van der Waals surface area (Å²) in [5, 5.41) is 1.49. The summed E-state index contributed by atoms with van der Waals surface area (Å²) < 4.78 is 49.8. The molecule has 294 valence electrons. The molecule has 0 saturated carbocycles. The molecule has 1 heterocycles. The summed E-state index contributed by atoms with van der Waals surface area (Å²) in [6.45, 7) is 24.8. The average molecular weight is 764 g/mol. The van der Waals surface area contributed by atoms with Crippen LogP contribution in [0.5, 0.6) is 0 Å². The topological polar surface area (TPSA) is 111 Å². The Morgan fingerprint density at radius 1 is 0.538 bits per heavy atom. The minimum atomic E-state index is -3.20. The van der Waals surface area contributed by atoms with Crippen LogP contribution >= 0.6 is 0 Å². The van der Waals surface area contributed by atoms with E-state index in [-0.39, 0.29) is 61.6 Å². The van der Waals surface area contributed by atoms with Gasteiger partial charge in [0.15, 0.2) is 0 Å². The normalized spacial score (nSPS) is 14.2. The molecule has 0 spiro atoms. The van der Waals surface area contributed by atoms with Gasteiger partial charge < -0.3 is 36.0 Å². The number of carbonyl (C=O) groups excluding carboxylic acids is 2. The zero-order valence-corrected chi connectivity index (χ0v) is 36.0. The number of methoxy groups -OCH3 is 1. The Bertz CT molecular complexity index is 1310. The van der Waals surface area contributed by atoms with Gasteiger partial charge in [-0.25, -0.2) is 0 Å². The van der Waals surface area contributed by atoms with Crippen LogP contribution in [-0.2, 0) is 48.9 Å². The molecule has 0 aromatic heterocycles. The number of benzene rings is 2. The number of ether oxygens (including phenoxy) is 2. The highest BCUT2D eigenvalue weighted by Gasteiger charge is 2.46. The number of hydrogen-bond acceptors (Lipinski definition) is 10. The van der Waals surface area contributed by atoms with E-state index in [1.807, 2.05) is 107 Å². The highest BCUT2D eigenvalue weighted by atomic mass is 28.4. The average Bonchev–Trinajstić information content (AvgIpc) is 3.00. The third-order valence-electron chi connectivity index (χ3n) is 8.06. The summed E-state index contributed by atoms with van der Waals surface area (Å²) >= 11 is 0. The second-order valence-corrected chi connectivity index (χ2v) is 20.2. The number of aryl methyl sites for hydroxylation is 2. The van der Waals surface area contributed by atoms with Crippen molar-refractivity contribution in [1.29, 1.82) is 0 Å². The van der Waals surface area contributed by atoms with Crippen molar-refractivity contribution in [2.24, 2.45) is 0 Å². The van der Waals surface area contributed by atoms with Crippen LogP contribution in [0.25, 0.3) is 10.8 Å². The van der Waals surface area contributed by atoms with Crippen molar-refractivity contribution < 1.29 is 45.6 Å². The maximum absolute atomic E-state index is 14.5. The fraction of sp³-hybridized carbons (Fsp3) is 0.692. The van der Waals surface area contributed by atoms with Crippen molar-refractivity contribution in [3.63, 3.8) is 0 Å². The second-order valence-electron chi connectivity index (χ2n) is 15.0. The number of amides is 2. The SMILES string of the molecule is COCCOCCN1C(=O)c2c(CC[Si](OC(C)C)(OC(C)C)OC(C)C)ccc3ccc(CC[Si](OC(C)C)(OC(C)C)OC(C)C)c(c23)C1=O. The van der Waals surface area contributed by atoms with Gasteiger partial charge >= 0.3 is 17.6 Å². The molecule has 0 bridgehead atoms. The molecule has 52 heavy (non-hydrogen) atoms. The van der Waals surface area contributed by atoms with Crippen molar-refractivity contribution in [2.75, 3.05) is 33.5 Å². The first-order chi connectivity index (χ1) is 24.4. The number of imide groups is 1. The van der Waals surface area contributed by atoms with Crippen LogP contribution in [0.1, 0.15) is 115 Å². The van der Waals surface area contributed by atoms with E-state index in [1.54, 1.807) is 7.11 Å². The van der Waals surface area contributed by atoms with E-state index in [1.165, 1.54) is 4.90 Å². The van der Waals surface area contributed by atoms with Crippen molar-refractivity contribution in [2.45, 2.75) is 145 Å². The lowest BCUT2D eigenvalue weighted by atomic mass is 9.86. The van der Waals surface area contributed by atoms with Crippen LogP contribution in [0.4, 0.5) is 0 Å². The van der Waals surface area contributed by atoms with Crippen molar-refractivity contribution >= 4 is 40.2 Å². The van der Waals surface area contributed by atoms with E-state index in [4.69, 9.17) is 36.0 Å². The molecular weight excluding hydrogens is 699 g/mol. The van der Waals surface area contributed by atoms with Crippen LogP contribution in [0.3, 0.4) is 0 Å². The van der Waals surface area contributed by atoms with Gasteiger partial charge in [-0.3, -0.25) is 14.5 Å². The Balaban J connectivity index is 2.18. The zero-order chi connectivity index (χ0) is 38.8. The van der Waals surface area contributed by atoms with E-state index >= 15 is 0 Å². The molecule has 0 radical (unpaired) electrons. The Morgan fingerprint density at radius 2 is 0.904 bits per heavy atom. The van der Waals surface area contributed by atoms with Crippen molar-refractivity contribution in [3.05, 3.63) is 46.5 Å². The lowest BCUT2D eigenvalue weighted by Gasteiger charge is -2.35. The van der Waals surface area contributed by atoms with Crippen LogP contribution in [-0.4, -0.2) is 104 Å². The third kappa shape index (κ3) is 12.2. The van der Waals surface area contributed by atoms with Gasteiger partial charge in [-0.15, -0.1) is 0 Å². The lowest BCUT2D eigenvalue weighted by molar-refractivity contribution is 0.00215. The second kappa shape index (κ2) is 20.0. The van der Waals surface area contributed by atoms with Crippen LogP contribution in [0.15, 0.2) is 24.3 Å². The smallest absolute Gasteiger partial charge is 0.382 e. The van der Waals surface area contributed by atoms with Gasteiger partial charge in [0.2, 0.25) is 0 Å². The number of carbonyl (C=O) groups is 2. The number of hydrogen-bond donors (Lipinski definition) is 0. The Morgan fingerprint density at radius 3 is 1.23 bits per heavy atom. The highest BCUT2D eigenvalue weighted by molar-refractivity contribution is 6.61. The number of rotatable bonds is 24. The van der Waals surface area contributed by atoms with Crippen molar-refractivity contribution in [1.82, 2.24) is 4.90 Å². The quantitative estimate of drug-likeness (QED) is 0.0602. The minimum Gasteiger partial charge on any atom is -0.382 e. The van der Waals surface area contributed by atoms with E-state index in [9.17, 15) is 9.59 Å². The fourth-order valence-corrected chi connectivity index (χ4v) is 13.1. The minimum absolute atomic E-state index is 0.106. The molecule has 0 aliphatic carbocycles. The molecule has 0 fully saturated rings. The van der Waals surface area contributed by atoms with Crippen molar-refractivity contribution in [3.8, 4) is 0 Å². The van der Waals surface area contributed by atoms with E-state index < -0.39 is 17.6 Å². The summed E-state index contributed by atoms with van der Waals surface area (Å²) in [5.74, 6) is -0.675. The molecule has 2 amide bonds. The van der Waals surface area contributed by atoms with Gasteiger partial charge in [0.05, 0.1) is 37.5 Å². The molecular formula is C39H65NO10Si2. The molecule has 0 saturated heterocycles. The molecule has 13 heteroatoms. The molecule has 2 aromatic carbocycles. The predicted octanol–water partition coefficient (Wildman–Crippen LogP) is 7.61. The summed E-state index contributed by atoms with van der Waals surface area (Å²) in [6, 6.07) is 8.91. The van der Waals surface area contributed by atoms with Gasteiger partial charge in [-0.1, -0.05) is 24.3 Å². The molecule has 0 unspecified atom stereocenters. The highest BCUT2D eigenvalue weighted by Crippen LogP contribution is 2.37. The zero-order valence-electron chi connectivity index (χ0n) is 34.0. The van der Waals surface area contributed by atoms with Crippen LogP contribution in [0, 0.1) is 0 Å². The molecule has 2 aromatic rings. The van der Waals surface area contributed by atoms with Gasteiger partial charge in [-0.05, 0) is 112 Å². The van der Waals surface area contributed by atoms with Gasteiger partial charge in [-0.2, -0.15) is 0 Å². The Kier molecular flexibility index (Phi) is 17.1. The monoisotopic (exact) mass is 763 g/mol. The molecule has 0 atom stereocenters. The van der Waals surface area contributed by atoms with E-state index in [0.29, 0.717) is 54.7 Å². The van der Waals surface area contributed by atoms with Gasteiger partial charge in [0, 0.05) is 61.2 Å². The maximum Gasteiger partial charge on any atom is 0.501 e. The number of nitrogens with zero attached hydrogens (tertiary/aromatic N) is 1. The van der Waals surface area contributed by atoms with E-state index in [0.717, 1.165) is 16.5 Å². The lowest BCUT2D eigenvalue weighted by Crippen LogP contribution is -2.51.